The Morgan fingerprint density at radius 1 is 1.13 bits per heavy atom. The molecule has 1 rings (SSSR count). The van der Waals surface area contributed by atoms with E-state index in [1.165, 1.54) is 32.4 Å². The molecule has 0 spiro atoms. The van der Waals surface area contributed by atoms with Crippen molar-refractivity contribution in [1.82, 2.24) is 4.90 Å². The second kappa shape index (κ2) is 5.64. The van der Waals surface area contributed by atoms with Gasteiger partial charge in [0, 0.05) is 11.8 Å². The van der Waals surface area contributed by atoms with Gasteiger partial charge in [0.1, 0.15) is 5.78 Å². The van der Waals surface area contributed by atoms with Gasteiger partial charge in [0.05, 0.1) is 0 Å². The SMILES string of the molecule is CC(C)(C)C(=O)CCCN1CCCCC1. The summed E-state index contributed by atoms with van der Waals surface area (Å²) in [6, 6.07) is 0. The first kappa shape index (κ1) is 12.7. The molecule has 0 saturated carbocycles. The lowest BCUT2D eigenvalue weighted by Crippen LogP contribution is -2.31. The molecule has 15 heavy (non-hydrogen) atoms. The molecule has 0 unspecified atom stereocenters. The summed E-state index contributed by atoms with van der Waals surface area (Å²) in [6.07, 6.45) is 5.86. The molecule has 0 bridgehead atoms. The third-order valence-electron chi connectivity index (χ3n) is 3.16. The molecule has 0 aromatic heterocycles. The van der Waals surface area contributed by atoms with Gasteiger partial charge >= 0.3 is 0 Å². The standard InChI is InChI=1S/C13H25NO/c1-13(2,3)12(15)8-7-11-14-9-5-4-6-10-14/h4-11H2,1-3H3. The fourth-order valence-electron chi connectivity index (χ4n) is 2.02. The summed E-state index contributed by atoms with van der Waals surface area (Å²) in [4.78, 5) is 14.2. The minimum atomic E-state index is -0.151. The van der Waals surface area contributed by atoms with Gasteiger partial charge in [-0.2, -0.15) is 0 Å². The van der Waals surface area contributed by atoms with Crippen molar-refractivity contribution >= 4 is 5.78 Å². The van der Waals surface area contributed by atoms with Gasteiger partial charge in [-0.15, -0.1) is 0 Å². The number of hydrogen-bond donors (Lipinski definition) is 0. The van der Waals surface area contributed by atoms with Gasteiger partial charge in [0.25, 0.3) is 0 Å². The van der Waals surface area contributed by atoms with E-state index in [4.69, 9.17) is 0 Å². The van der Waals surface area contributed by atoms with Crippen LogP contribution in [0.2, 0.25) is 0 Å². The van der Waals surface area contributed by atoms with Crippen LogP contribution in [-0.2, 0) is 4.79 Å². The predicted octanol–water partition coefficient (Wildman–Crippen LogP) is 2.87. The first-order chi connectivity index (χ1) is 7.00. The number of ketones is 1. The van der Waals surface area contributed by atoms with Crippen LogP contribution in [0.4, 0.5) is 0 Å². The first-order valence-electron chi connectivity index (χ1n) is 6.26. The molecule has 0 aromatic rings. The molecule has 88 valence electrons. The summed E-state index contributed by atoms with van der Waals surface area (Å²) in [6.45, 7) is 9.62. The van der Waals surface area contributed by atoms with Gasteiger partial charge in [-0.25, -0.2) is 0 Å². The quantitative estimate of drug-likeness (QED) is 0.712. The highest BCUT2D eigenvalue weighted by atomic mass is 16.1. The molecule has 2 nitrogen and oxygen atoms in total. The number of likely N-dealkylation sites (tertiary alicyclic amines) is 1. The zero-order valence-corrected chi connectivity index (χ0v) is 10.5. The predicted molar refractivity (Wildman–Crippen MR) is 64.0 cm³/mol. The Morgan fingerprint density at radius 2 is 1.73 bits per heavy atom. The smallest absolute Gasteiger partial charge is 0.138 e. The van der Waals surface area contributed by atoms with Gasteiger partial charge in [-0.05, 0) is 38.9 Å². The maximum absolute atomic E-state index is 11.7. The lowest BCUT2D eigenvalue weighted by molar-refractivity contribution is -0.126. The van der Waals surface area contributed by atoms with Crippen molar-refractivity contribution in [3.63, 3.8) is 0 Å². The minimum absolute atomic E-state index is 0.151. The van der Waals surface area contributed by atoms with Crippen LogP contribution in [0.15, 0.2) is 0 Å². The molecule has 0 radical (unpaired) electrons. The van der Waals surface area contributed by atoms with E-state index in [1.807, 2.05) is 20.8 Å². The second-order valence-corrected chi connectivity index (χ2v) is 5.68. The van der Waals surface area contributed by atoms with Crippen LogP contribution >= 0.6 is 0 Å². The topological polar surface area (TPSA) is 20.3 Å². The van der Waals surface area contributed by atoms with E-state index in [1.54, 1.807) is 0 Å². The third kappa shape index (κ3) is 4.78. The Hall–Kier alpha value is -0.370. The Balaban J connectivity index is 2.12. The van der Waals surface area contributed by atoms with Crippen molar-refractivity contribution < 1.29 is 4.79 Å². The summed E-state index contributed by atoms with van der Waals surface area (Å²) in [5.74, 6) is 0.402. The molecular weight excluding hydrogens is 186 g/mol. The van der Waals surface area contributed by atoms with E-state index >= 15 is 0 Å². The van der Waals surface area contributed by atoms with Crippen LogP contribution in [0, 0.1) is 5.41 Å². The number of hydrogen-bond acceptors (Lipinski definition) is 2. The fourth-order valence-corrected chi connectivity index (χ4v) is 2.02. The largest absolute Gasteiger partial charge is 0.303 e. The Morgan fingerprint density at radius 3 is 2.27 bits per heavy atom. The maximum Gasteiger partial charge on any atom is 0.138 e. The molecular formula is C13H25NO. The van der Waals surface area contributed by atoms with Crippen molar-refractivity contribution in [2.75, 3.05) is 19.6 Å². The minimum Gasteiger partial charge on any atom is -0.303 e. The molecule has 0 aromatic carbocycles. The number of piperidine rings is 1. The number of Topliss-reactive ketones (excluding diaryl/α,β-unsaturated/α-hetero) is 1. The van der Waals surface area contributed by atoms with E-state index in [9.17, 15) is 4.79 Å². The first-order valence-corrected chi connectivity index (χ1v) is 6.26. The van der Waals surface area contributed by atoms with Crippen molar-refractivity contribution in [3.8, 4) is 0 Å². The molecule has 0 amide bonds. The normalized spacial score (nSPS) is 19.1. The molecule has 1 saturated heterocycles. The van der Waals surface area contributed by atoms with E-state index in [0.717, 1.165) is 19.4 Å². The second-order valence-electron chi connectivity index (χ2n) is 5.68. The zero-order valence-electron chi connectivity index (χ0n) is 10.5. The summed E-state index contributed by atoms with van der Waals surface area (Å²) < 4.78 is 0. The monoisotopic (exact) mass is 211 g/mol. The molecule has 1 aliphatic rings. The van der Waals surface area contributed by atoms with Gasteiger partial charge in [-0.3, -0.25) is 4.79 Å². The van der Waals surface area contributed by atoms with Crippen LogP contribution in [0.5, 0.6) is 0 Å². The Labute approximate surface area is 94.0 Å². The van der Waals surface area contributed by atoms with Gasteiger partial charge < -0.3 is 4.90 Å². The van der Waals surface area contributed by atoms with Crippen molar-refractivity contribution in [2.24, 2.45) is 5.41 Å². The fraction of sp³-hybridized carbons (Fsp3) is 0.923. The van der Waals surface area contributed by atoms with E-state index in [0.29, 0.717) is 5.78 Å². The molecule has 0 N–H and O–H groups in total. The summed E-state index contributed by atoms with van der Waals surface area (Å²) in [7, 11) is 0. The highest BCUT2D eigenvalue weighted by molar-refractivity contribution is 5.83. The lowest BCUT2D eigenvalue weighted by Gasteiger charge is -2.26. The van der Waals surface area contributed by atoms with Crippen LogP contribution in [-0.4, -0.2) is 30.3 Å². The van der Waals surface area contributed by atoms with Crippen molar-refractivity contribution in [2.45, 2.75) is 52.9 Å². The highest BCUT2D eigenvalue weighted by Gasteiger charge is 2.20. The molecule has 1 fully saturated rings. The van der Waals surface area contributed by atoms with E-state index in [-0.39, 0.29) is 5.41 Å². The number of carbonyl (C=O) groups is 1. The number of carbonyl (C=O) groups excluding carboxylic acids is 1. The molecule has 2 heteroatoms. The van der Waals surface area contributed by atoms with Crippen LogP contribution in [0.3, 0.4) is 0 Å². The highest BCUT2D eigenvalue weighted by Crippen LogP contribution is 2.18. The van der Waals surface area contributed by atoms with Crippen molar-refractivity contribution in [1.29, 1.82) is 0 Å². The van der Waals surface area contributed by atoms with Gasteiger partial charge in [-0.1, -0.05) is 27.2 Å². The Bertz CT molecular complexity index is 199. The molecule has 0 aliphatic carbocycles. The van der Waals surface area contributed by atoms with Gasteiger partial charge in [0.2, 0.25) is 0 Å². The average molecular weight is 211 g/mol. The van der Waals surface area contributed by atoms with E-state index < -0.39 is 0 Å². The van der Waals surface area contributed by atoms with Crippen LogP contribution < -0.4 is 0 Å². The molecule has 0 atom stereocenters. The Kier molecular flexibility index (Phi) is 4.78. The average Bonchev–Trinajstić information content (AvgIpc) is 2.18. The zero-order chi connectivity index (χ0) is 11.3. The molecule has 1 heterocycles. The summed E-state index contributed by atoms with van der Waals surface area (Å²) in [5.41, 5.74) is -0.151. The van der Waals surface area contributed by atoms with Crippen LogP contribution in [0.1, 0.15) is 52.9 Å². The number of rotatable bonds is 4. The van der Waals surface area contributed by atoms with E-state index in [2.05, 4.69) is 4.90 Å². The summed E-state index contributed by atoms with van der Waals surface area (Å²) in [5, 5.41) is 0. The maximum atomic E-state index is 11.7. The lowest BCUT2D eigenvalue weighted by atomic mass is 9.88. The van der Waals surface area contributed by atoms with Crippen molar-refractivity contribution in [3.05, 3.63) is 0 Å². The third-order valence-corrected chi connectivity index (χ3v) is 3.16. The number of nitrogens with zero attached hydrogens (tertiary/aromatic N) is 1. The van der Waals surface area contributed by atoms with Gasteiger partial charge in [0.15, 0.2) is 0 Å². The van der Waals surface area contributed by atoms with Crippen LogP contribution in [0.25, 0.3) is 0 Å². The molecule has 1 aliphatic heterocycles. The summed E-state index contributed by atoms with van der Waals surface area (Å²) >= 11 is 0.